The first-order chi connectivity index (χ1) is 18.4. The smallest absolute Gasteiger partial charge is 0.293 e. The van der Waals surface area contributed by atoms with Crippen molar-refractivity contribution in [3.8, 4) is 11.5 Å². The van der Waals surface area contributed by atoms with Gasteiger partial charge in [0.1, 0.15) is 12.4 Å². The molecule has 3 aromatic carbocycles. The third-order valence-electron chi connectivity index (χ3n) is 6.20. The average Bonchev–Trinajstić information content (AvgIpc) is 3.58. The molecule has 0 bridgehead atoms. The summed E-state index contributed by atoms with van der Waals surface area (Å²) in [4.78, 5) is 39.9. The monoisotopic (exact) mass is 529 g/mol. The maximum Gasteiger partial charge on any atom is 0.293 e. The van der Waals surface area contributed by atoms with Crippen LogP contribution in [0.4, 0.5) is 14.9 Å². The number of carbonyl (C=O) groups excluding carboxylic acids is 3. The second-order valence-electron chi connectivity index (χ2n) is 8.74. The highest BCUT2D eigenvalue weighted by Crippen LogP contribution is 2.36. The number of benzene rings is 3. The zero-order chi connectivity index (χ0) is 26.2. The van der Waals surface area contributed by atoms with Crippen molar-refractivity contribution in [1.29, 1.82) is 0 Å². The number of hydrogen-bond donors (Lipinski definition) is 1. The van der Waals surface area contributed by atoms with Gasteiger partial charge in [0.05, 0.1) is 11.4 Å². The first-order valence-electron chi connectivity index (χ1n) is 11.7. The summed E-state index contributed by atoms with van der Waals surface area (Å²) in [6, 6.07) is 18.4. The summed E-state index contributed by atoms with van der Waals surface area (Å²) in [7, 11) is 0. The number of carbonyl (C=O) groups is 3. The van der Waals surface area contributed by atoms with Gasteiger partial charge >= 0.3 is 0 Å². The number of fused-ring (bicyclic) bond motifs is 2. The van der Waals surface area contributed by atoms with Gasteiger partial charge in [0.15, 0.2) is 11.5 Å². The second kappa shape index (κ2) is 9.71. The minimum Gasteiger partial charge on any atom is -0.454 e. The van der Waals surface area contributed by atoms with E-state index in [0.717, 1.165) is 27.6 Å². The van der Waals surface area contributed by atoms with E-state index in [9.17, 15) is 18.8 Å². The number of hydrogen-bond acceptors (Lipinski definition) is 6. The number of nitrogens with zero attached hydrogens (tertiary/aromatic N) is 2. The van der Waals surface area contributed by atoms with Crippen molar-refractivity contribution in [3.05, 3.63) is 94.8 Å². The van der Waals surface area contributed by atoms with Crippen molar-refractivity contribution >= 4 is 51.5 Å². The van der Waals surface area contributed by atoms with Crippen molar-refractivity contribution in [1.82, 2.24) is 9.47 Å². The Morgan fingerprint density at radius 1 is 1.03 bits per heavy atom. The molecule has 10 heteroatoms. The lowest BCUT2D eigenvalue weighted by molar-refractivity contribution is -0.123. The van der Waals surface area contributed by atoms with E-state index >= 15 is 0 Å². The first-order valence-corrected chi connectivity index (χ1v) is 12.5. The Balaban J connectivity index is 1.22. The Bertz CT molecular complexity index is 1630. The highest BCUT2D eigenvalue weighted by atomic mass is 32.2. The van der Waals surface area contributed by atoms with Crippen molar-refractivity contribution in [2.75, 3.05) is 12.1 Å². The van der Waals surface area contributed by atoms with Crippen LogP contribution in [0.25, 0.3) is 17.0 Å². The third-order valence-corrected chi connectivity index (χ3v) is 7.11. The molecule has 0 saturated carbocycles. The highest BCUT2D eigenvalue weighted by molar-refractivity contribution is 8.18. The van der Waals surface area contributed by atoms with Crippen LogP contribution in [0.15, 0.2) is 77.8 Å². The maximum absolute atomic E-state index is 13.2. The molecule has 6 rings (SSSR count). The van der Waals surface area contributed by atoms with E-state index in [1.165, 1.54) is 12.1 Å². The van der Waals surface area contributed by atoms with Gasteiger partial charge in [-0.25, -0.2) is 4.39 Å². The summed E-state index contributed by atoms with van der Waals surface area (Å²) >= 11 is 0.856. The summed E-state index contributed by atoms with van der Waals surface area (Å²) in [6.45, 7) is 0.246. The van der Waals surface area contributed by atoms with Crippen LogP contribution >= 0.6 is 11.8 Å². The number of ether oxygens (including phenoxy) is 2. The highest BCUT2D eigenvalue weighted by Gasteiger charge is 2.35. The Morgan fingerprint density at radius 2 is 1.82 bits per heavy atom. The van der Waals surface area contributed by atoms with E-state index < -0.39 is 11.1 Å². The molecule has 190 valence electrons. The number of halogens is 1. The molecular formula is C28H20FN3O5S. The Hall–Kier alpha value is -4.57. The molecule has 0 spiro atoms. The van der Waals surface area contributed by atoms with E-state index in [-0.39, 0.29) is 36.5 Å². The average molecular weight is 530 g/mol. The molecule has 1 saturated heterocycles. The molecule has 3 amide bonds. The van der Waals surface area contributed by atoms with Gasteiger partial charge in [-0.15, -0.1) is 0 Å². The fraction of sp³-hybridized carbons (Fsp3) is 0.107. The van der Waals surface area contributed by atoms with Crippen molar-refractivity contribution in [3.63, 3.8) is 0 Å². The summed E-state index contributed by atoms with van der Waals surface area (Å²) in [5.41, 5.74) is 2.76. The van der Waals surface area contributed by atoms with Crippen LogP contribution in [0, 0.1) is 5.82 Å². The van der Waals surface area contributed by atoms with Crippen LogP contribution in [0.5, 0.6) is 11.5 Å². The Kier molecular flexibility index (Phi) is 6.09. The number of para-hydroxylation sites is 1. The number of nitrogens with one attached hydrogen (secondary N) is 1. The topological polar surface area (TPSA) is 89.9 Å². The summed E-state index contributed by atoms with van der Waals surface area (Å²) < 4.78 is 25.7. The summed E-state index contributed by atoms with van der Waals surface area (Å²) in [5, 5.41) is 3.32. The van der Waals surface area contributed by atoms with Gasteiger partial charge in [0.25, 0.3) is 11.1 Å². The SMILES string of the molecule is O=C(Cn1cc(C=C2SC(=O)N(Cc3ccc(F)cc3)C2=O)c2ccccc21)Nc1ccc2c(c1)OCO2. The normalized spacial score (nSPS) is 15.6. The molecule has 0 atom stereocenters. The first kappa shape index (κ1) is 23.8. The van der Waals surface area contributed by atoms with Gasteiger partial charge < -0.3 is 19.4 Å². The van der Waals surface area contributed by atoms with E-state index in [1.807, 2.05) is 24.3 Å². The zero-order valence-corrected chi connectivity index (χ0v) is 20.7. The fourth-order valence-electron chi connectivity index (χ4n) is 4.40. The van der Waals surface area contributed by atoms with Crippen LogP contribution in [0.2, 0.25) is 0 Å². The van der Waals surface area contributed by atoms with Crippen LogP contribution in [-0.4, -0.2) is 33.3 Å². The van der Waals surface area contributed by atoms with Crippen LogP contribution < -0.4 is 14.8 Å². The molecule has 2 aliphatic rings. The lowest BCUT2D eigenvalue weighted by atomic mass is 10.1. The maximum atomic E-state index is 13.2. The molecule has 0 aliphatic carbocycles. The molecule has 8 nitrogen and oxygen atoms in total. The molecule has 2 aliphatic heterocycles. The lowest BCUT2D eigenvalue weighted by Crippen LogP contribution is -2.27. The molecule has 0 unspecified atom stereocenters. The summed E-state index contributed by atoms with van der Waals surface area (Å²) in [6.07, 6.45) is 3.46. The number of aromatic nitrogens is 1. The summed E-state index contributed by atoms with van der Waals surface area (Å²) in [5.74, 6) is 0.164. The van der Waals surface area contributed by atoms with E-state index in [1.54, 1.807) is 47.2 Å². The van der Waals surface area contributed by atoms with Gasteiger partial charge in [0.2, 0.25) is 12.7 Å². The molecule has 1 aromatic heterocycles. The van der Waals surface area contributed by atoms with Gasteiger partial charge in [0, 0.05) is 34.4 Å². The molecule has 38 heavy (non-hydrogen) atoms. The van der Waals surface area contributed by atoms with Gasteiger partial charge in [-0.1, -0.05) is 30.3 Å². The van der Waals surface area contributed by atoms with Crippen LogP contribution in [0.1, 0.15) is 11.1 Å². The van der Waals surface area contributed by atoms with Crippen molar-refractivity contribution < 1.29 is 28.2 Å². The number of imide groups is 1. The molecule has 0 radical (unpaired) electrons. The second-order valence-corrected chi connectivity index (χ2v) is 9.73. The Labute approximate surface area is 220 Å². The van der Waals surface area contributed by atoms with Crippen molar-refractivity contribution in [2.45, 2.75) is 13.1 Å². The minimum absolute atomic E-state index is 0.0365. The predicted octanol–water partition coefficient (Wildman–Crippen LogP) is 5.38. The largest absolute Gasteiger partial charge is 0.454 e. The van der Waals surface area contributed by atoms with Gasteiger partial charge in [-0.2, -0.15) is 0 Å². The quantitative estimate of drug-likeness (QED) is 0.337. The minimum atomic E-state index is -0.415. The number of thioether (sulfide) groups is 1. The third kappa shape index (κ3) is 4.61. The van der Waals surface area contributed by atoms with Gasteiger partial charge in [-0.3, -0.25) is 19.3 Å². The number of rotatable bonds is 6. The van der Waals surface area contributed by atoms with Crippen molar-refractivity contribution in [2.24, 2.45) is 0 Å². The van der Waals surface area contributed by atoms with Crippen LogP contribution in [-0.2, 0) is 22.7 Å². The lowest BCUT2D eigenvalue weighted by Gasteiger charge is -2.12. The molecule has 1 fully saturated rings. The van der Waals surface area contributed by atoms with E-state index in [4.69, 9.17) is 9.47 Å². The standard InChI is InChI=1S/C28H20FN3O5S/c29-19-7-5-17(6-8-19)13-32-27(34)25(38-28(32)35)11-18-14-31(22-4-2-1-3-21(18)22)15-26(33)30-20-9-10-23-24(12-20)37-16-36-23/h1-12,14H,13,15-16H2,(H,30,33). The molecular weight excluding hydrogens is 509 g/mol. The zero-order valence-electron chi connectivity index (χ0n) is 19.8. The molecule has 3 heterocycles. The fourth-order valence-corrected chi connectivity index (χ4v) is 5.23. The molecule has 4 aromatic rings. The van der Waals surface area contributed by atoms with E-state index in [0.29, 0.717) is 28.3 Å². The molecule has 1 N–H and O–H groups in total. The number of anilines is 1. The predicted molar refractivity (Wildman–Crippen MR) is 141 cm³/mol. The van der Waals surface area contributed by atoms with Gasteiger partial charge in [-0.05, 0) is 53.7 Å². The van der Waals surface area contributed by atoms with Crippen LogP contribution in [0.3, 0.4) is 0 Å². The Morgan fingerprint density at radius 3 is 2.66 bits per heavy atom. The number of amides is 3. The van der Waals surface area contributed by atoms with E-state index in [2.05, 4.69) is 5.32 Å².